The summed E-state index contributed by atoms with van der Waals surface area (Å²) in [4.78, 5) is 0. The molecule has 0 aliphatic heterocycles. The molecule has 2 rings (SSSR count). The number of methoxy groups -OCH3 is 1. The zero-order chi connectivity index (χ0) is 14.4. The average Bonchev–Trinajstić information content (AvgIpc) is 2.47. The van der Waals surface area contributed by atoms with Crippen molar-refractivity contribution in [2.45, 2.75) is 12.7 Å². The van der Waals surface area contributed by atoms with Gasteiger partial charge in [0.05, 0.1) is 12.7 Å². The molecule has 2 aromatic carbocycles. The lowest BCUT2D eigenvalue weighted by Crippen LogP contribution is -2.14. The van der Waals surface area contributed by atoms with Crippen molar-refractivity contribution in [3.8, 4) is 0 Å². The van der Waals surface area contributed by atoms with E-state index >= 15 is 0 Å². The molecule has 0 saturated carbocycles. The Hall–Kier alpha value is -1.91. The van der Waals surface area contributed by atoms with Crippen LogP contribution in [0.3, 0.4) is 0 Å². The number of hydrogen-bond acceptors (Lipinski definition) is 3. The largest absolute Gasteiger partial charge is 0.386 e. The first kappa shape index (κ1) is 14.5. The Kier molecular flexibility index (Phi) is 5.09. The third-order valence-corrected chi connectivity index (χ3v) is 3.07. The van der Waals surface area contributed by atoms with Gasteiger partial charge in [0.2, 0.25) is 0 Å². The smallest absolute Gasteiger partial charge is 0.129 e. The zero-order valence-corrected chi connectivity index (χ0v) is 11.3. The van der Waals surface area contributed by atoms with E-state index < -0.39 is 11.9 Å². The highest BCUT2D eigenvalue weighted by Crippen LogP contribution is 2.20. The van der Waals surface area contributed by atoms with Crippen molar-refractivity contribution in [2.75, 3.05) is 19.0 Å². The van der Waals surface area contributed by atoms with Gasteiger partial charge in [-0.1, -0.05) is 36.4 Å². The Morgan fingerprint density at radius 3 is 2.60 bits per heavy atom. The lowest BCUT2D eigenvalue weighted by atomic mass is 10.1. The molecule has 0 heterocycles. The SMILES string of the molecule is COCc1ccccc1NCC(O)c1ccccc1F. The second kappa shape index (κ2) is 7.03. The number of hydrogen-bond donors (Lipinski definition) is 2. The maximum atomic E-state index is 13.6. The Bertz CT molecular complexity index is 560. The lowest BCUT2D eigenvalue weighted by molar-refractivity contribution is 0.183. The van der Waals surface area contributed by atoms with Gasteiger partial charge < -0.3 is 15.2 Å². The summed E-state index contributed by atoms with van der Waals surface area (Å²) in [5, 5.41) is 13.2. The number of benzene rings is 2. The van der Waals surface area contributed by atoms with Crippen LogP contribution in [0.1, 0.15) is 17.2 Å². The van der Waals surface area contributed by atoms with Crippen LogP contribution in [0.2, 0.25) is 0 Å². The number of rotatable bonds is 6. The third kappa shape index (κ3) is 3.56. The highest BCUT2D eigenvalue weighted by molar-refractivity contribution is 5.51. The average molecular weight is 275 g/mol. The van der Waals surface area contributed by atoms with E-state index in [1.54, 1.807) is 25.3 Å². The van der Waals surface area contributed by atoms with Gasteiger partial charge in [0.25, 0.3) is 0 Å². The molecule has 3 nitrogen and oxygen atoms in total. The van der Waals surface area contributed by atoms with Crippen molar-refractivity contribution in [2.24, 2.45) is 0 Å². The Balaban J connectivity index is 2.04. The first-order chi connectivity index (χ1) is 9.72. The minimum absolute atomic E-state index is 0.238. The molecule has 0 aromatic heterocycles. The van der Waals surface area contributed by atoms with Crippen LogP contribution in [0.25, 0.3) is 0 Å². The highest BCUT2D eigenvalue weighted by atomic mass is 19.1. The number of anilines is 1. The predicted octanol–water partition coefficient (Wildman–Crippen LogP) is 3.12. The van der Waals surface area contributed by atoms with E-state index in [9.17, 15) is 9.50 Å². The molecular weight excluding hydrogens is 257 g/mol. The molecule has 1 atom stereocenters. The van der Waals surface area contributed by atoms with Crippen LogP contribution < -0.4 is 5.32 Å². The van der Waals surface area contributed by atoms with Gasteiger partial charge in [0.15, 0.2) is 0 Å². The molecule has 0 aliphatic rings. The van der Waals surface area contributed by atoms with Crippen LogP contribution in [0.4, 0.5) is 10.1 Å². The summed E-state index contributed by atoms with van der Waals surface area (Å²) in [5.74, 6) is -0.396. The number of nitrogens with one attached hydrogen (secondary N) is 1. The summed E-state index contributed by atoms with van der Waals surface area (Å²) in [6, 6.07) is 13.9. The number of para-hydroxylation sites is 1. The molecular formula is C16H18FNO2. The van der Waals surface area contributed by atoms with Crippen molar-refractivity contribution >= 4 is 5.69 Å². The van der Waals surface area contributed by atoms with E-state index in [0.717, 1.165) is 11.3 Å². The molecule has 0 radical (unpaired) electrons. The van der Waals surface area contributed by atoms with Gasteiger partial charge in [-0.3, -0.25) is 0 Å². The summed E-state index contributed by atoms with van der Waals surface area (Å²) in [7, 11) is 1.63. The standard InChI is InChI=1S/C16H18FNO2/c1-20-11-12-6-2-5-9-15(12)18-10-16(19)13-7-3-4-8-14(13)17/h2-9,16,18-19H,10-11H2,1H3. The monoisotopic (exact) mass is 275 g/mol. The van der Waals surface area contributed by atoms with Crippen molar-refractivity contribution in [1.29, 1.82) is 0 Å². The van der Waals surface area contributed by atoms with Gasteiger partial charge in [0.1, 0.15) is 5.82 Å². The fourth-order valence-electron chi connectivity index (χ4n) is 2.04. The quantitative estimate of drug-likeness (QED) is 0.851. The van der Waals surface area contributed by atoms with Crippen LogP contribution >= 0.6 is 0 Å². The lowest BCUT2D eigenvalue weighted by Gasteiger charge is -2.16. The topological polar surface area (TPSA) is 41.5 Å². The van der Waals surface area contributed by atoms with Crippen molar-refractivity contribution in [3.05, 3.63) is 65.5 Å². The fourth-order valence-corrected chi connectivity index (χ4v) is 2.04. The van der Waals surface area contributed by atoms with Crippen LogP contribution in [0.5, 0.6) is 0 Å². The second-order valence-corrected chi connectivity index (χ2v) is 4.51. The van der Waals surface area contributed by atoms with Crippen LogP contribution in [0.15, 0.2) is 48.5 Å². The van der Waals surface area contributed by atoms with Gasteiger partial charge >= 0.3 is 0 Å². The van der Waals surface area contributed by atoms with Gasteiger partial charge in [-0.05, 0) is 12.1 Å². The summed E-state index contributed by atoms with van der Waals surface area (Å²) in [6.07, 6.45) is -0.896. The number of aliphatic hydroxyl groups is 1. The molecule has 0 saturated heterocycles. The number of ether oxygens (including phenoxy) is 1. The summed E-state index contributed by atoms with van der Waals surface area (Å²) < 4.78 is 18.7. The first-order valence-corrected chi connectivity index (χ1v) is 6.45. The molecule has 0 fully saturated rings. The zero-order valence-electron chi connectivity index (χ0n) is 11.3. The van der Waals surface area contributed by atoms with E-state index in [1.807, 2.05) is 24.3 Å². The molecule has 1 unspecified atom stereocenters. The minimum Gasteiger partial charge on any atom is -0.386 e. The normalized spacial score (nSPS) is 12.2. The van der Waals surface area contributed by atoms with Gasteiger partial charge in [0, 0.05) is 30.5 Å². The Morgan fingerprint density at radius 2 is 1.85 bits per heavy atom. The highest BCUT2D eigenvalue weighted by Gasteiger charge is 2.12. The van der Waals surface area contributed by atoms with Crippen molar-refractivity contribution in [3.63, 3.8) is 0 Å². The molecule has 20 heavy (non-hydrogen) atoms. The molecule has 0 bridgehead atoms. The van der Waals surface area contributed by atoms with E-state index in [-0.39, 0.29) is 6.54 Å². The molecule has 4 heteroatoms. The summed E-state index contributed by atoms with van der Waals surface area (Å²) >= 11 is 0. The van der Waals surface area contributed by atoms with Gasteiger partial charge in [-0.15, -0.1) is 0 Å². The maximum Gasteiger partial charge on any atom is 0.129 e. The molecule has 0 aliphatic carbocycles. The second-order valence-electron chi connectivity index (χ2n) is 4.51. The molecule has 106 valence electrons. The Morgan fingerprint density at radius 1 is 1.15 bits per heavy atom. The van der Waals surface area contributed by atoms with E-state index in [2.05, 4.69) is 5.32 Å². The first-order valence-electron chi connectivity index (χ1n) is 6.45. The molecule has 2 aromatic rings. The molecule has 0 amide bonds. The number of halogens is 1. The van der Waals surface area contributed by atoms with Crippen molar-refractivity contribution in [1.82, 2.24) is 0 Å². The molecule has 0 spiro atoms. The van der Waals surface area contributed by atoms with E-state index in [0.29, 0.717) is 12.2 Å². The maximum absolute atomic E-state index is 13.6. The van der Waals surface area contributed by atoms with E-state index in [1.165, 1.54) is 6.07 Å². The van der Waals surface area contributed by atoms with E-state index in [4.69, 9.17) is 4.74 Å². The van der Waals surface area contributed by atoms with Crippen LogP contribution in [0, 0.1) is 5.82 Å². The summed E-state index contributed by atoms with van der Waals surface area (Å²) in [6.45, 7) is 0.723. The Labute approximate surface area is 118 Å². The third-order valence-electron chi connectivity index (χ3n) is 3.07. The van der Waals surface area contributed by atoms with Crippen LogP contribution in [-0.4, -0.2) is 18.8 Å². The fraction of sp³-hybridized carbons (Fsp3) is 0.250. The van der Waals surface area contributed by atoms with Gasteiger partial charge in [-0.25, -0.2) is 4.39 Å². The van der Waals surface area contributed by atoms with Gasteiger partial charge in [-0.2, -0.15) is 0 Å². The predicted molar refractivity (Wildman–Crippen MR) is 77.0 cm³/mol. The summed E-state index contributed by atoms with van der Waals surface area (Å²) in [5.41, 5.74) is 2.17. The molecule has 2 N–H and O–H groups in total. The van der Waals surface area contributed by atoms with Crippen LogP contribution in [-0.2, 0) is 11.3 Å². The number of aliphatic hydroxyl groups excluding tert-OH is 1. The minimum atomic E-state index is -0.896. The van der Waals surface area contributed by atoms with Crippen molar-refractivity contribution < 1.29 is 14.2 Å².